The number of rotatable bonds is 7. The van der Waals surface area contributed by atoms with Gasteiger partial charge in [-0.1, -0.05) is 18.2 Å². The van der Waals surface area contributed by atoms with Gasteiger partial charge < -0.3 is 20.9 Å². The van der Waals surface area contributed by atoms with Crippen LogP contribution in [0.15, 0.2) is 24.3 Å². The fraction of sp³-hybridized carbons (Fsp3) is 0.462. The summed E-state index contributed by atoms with van der Waals surface area (Å²) >= 11 is 0. The van der Waals surface area contributed by atoms with Gasteiger partial charge in [0.05, 0.1) is 12.7 Å². The minimum atomic E-state index is -0.666. The number of carbonyl (C=O) groups excluding carboxylic acids is 1. The number of aliphatic hydroxyl groups is 1. The van der Waals surface area contributed by atoms with Gasteiger partial charge >= 0.3 is 0 Å². The van der Waals surface area contributed by atoms with E-state index in [-0.39, 0.29) is 19.1 Å². The maximum Gasteiger partial charge on any atom is 0.220 e. The van der Waals surface area contributed by atoms with E-state index in [2.05, 4.69) is 5.32 Å². The molecule has 5 nitrogen and oxygen atoms in total. The van der Waals surface area contributed by atoms with Gasteiger partial charge in [0.15, 0.2) is 0 Å². The number of benzene rings is 1. The van der Waals surface area contributed by atoms with Crippen LogP contribution in [0.1, 0.15) is 12.0 Å². The zero-order valence-corrected chi connectivity index (χ0v) is 10.6. The van der Waals surface area contributed by atoms with Crippen LogP contribution in [0.2, 0.25) is 0 Å². The van der Waals surface area contributed by atoms with E-state index in [9.17, 15) is 9.90 Å². The molecule has 1 unspecified atom stereocenters. The van der Waals surface area contributed by atoms with Gasteiger partial charge in [-0.2, -0.15) is 0 Å². The summed E-state index contributed by atoms with van der Waals surface area (Å²) in [5.74, 6) is -0.103. The predicted octanol–water partition coefficient (Wildman–Crippen LogP) is 0.325. The molecule has 0 heterocycles. The SMILES string of the molecule is COCC(O)CNC(=O)CCc1ccccc1N. The standard InChI is InChI=1S/C13H20N2O3/c1-18-9-11(16)8-15-13(17)7-6-10-4-2-3-5-12(10)14/h2-5,11,16H,6-9,14H2,1H3,(H,15,17). The Hall–Kier alpha value is -1.59. The van der Waals surface area contributed by atoms with Crippen molar-refractivity contribution in [1.82, 2.24) is 5.32 Å². The molecule has 1 amide bonds. The number of hydrogen-bond donors (Lipinski definition) is 3. The quantitative estimate of drug-likeness (QED) is 0.610. The van der Waals surface area contributed by atoms with E-state index in [4.69, 9.17) is 10.5 Å². The third-order valence-corrected chi connectivity index (χ3v) is 2.57. The lowest BCUT2D eigenvalue weighted by molar-refractivity contribution is -0.121. The monoisotopic (exact) mass is 252 g/mol. The number of aryl methyl sites for hydroxylation is 1. The van der Waals surface area contributed by atoms with Crippen molar-refractivity contribution in [3.63, 3.8) is 0 Å². The highest BCUT2D eigenvalue weighted by Crippen LogP contribution is 2.12. The van der Waals surface area contributed by atoms with Crippen LogP contribution in [-0.4, -0.2) is 37.4 Å². The first-order valence-electron chi connectivity index (χ1n) is 5.90. The van der Waals surface area contributed by atoms with Crippen molar-refractivity contribution >= 4 is 11.6 Å². The second-order valence-corrected chi connectivity index (χ2v) is 4.11. The van der Waals surface area contributed by atoms with Gasteiger partial charge in [-0.25, -0.2) is 0 Å². The summed E-state index contributed by atoms with van der Waals surface area (Å²) in [6, 6.07) is 7.48. The van der Waals surface area contributed by atoms with Gasteiger partial charge in [-0.15, -0.1) is 0 Å². The number of ether oxygens (including phenoxy) is 1. The van der Waals surface area contributed by atoms with Crippen LogP contribution in [0.25, 0.3) is 0 Å². The molecule has 18 heavy (non-hydrogen) atoms. The number of nitrogens with two attached hydrogens (primary N) is 1. The van der Waals surface area contributed by atoms with Crippen LogP contribution in [-0.2, 0) is 16.0 Å². The number of hydrogen-bond acceptors (Lipinski definition) is 4. The highest BCUT2D eigenvalue weighted by Gasteiger charge is 2.07. The molecule has 1 aromatic carbocycles. The second-order valence-electron chi connectivity index (χ2n) is 4.11. The predicted molar refractivity (Wildman–Crippen MR) is 70.1 cm³/mol. The third-order valence-electron chi connectivity index (χ3n) is 2.57. The van der Waals surface area contributed by atoms with E-state index < -0.39 is 6.10 Å². The van der Waals surface area contributed by atoms with E-state index >= 15 is 0 Å². The number of anilines is 1. The fourth-order valence-electron chi connectivity index (χ4n) is 1.58. The maximum absolute atomic E-state index is 11.5. The Morgan fingerprint density at radius 1 is 1.50 bits per heavy atom. The van der Waals surface area contributed by atoms with Crippen molar-refractivity contribution in [3.05, 3.63) is 29.8 Å². The highest BCUT2D eigenvalue weighted by atomic mass is 16.5. The molecule has 0 saturated heterocycles. The van der Waals surface area contributed by atoms with Gasteiger partial charge in [0, 0.05) is 25.8 Å². The molecule has 5 heteroatoms. The molecule has 1 rings (SSSR count). The molecule has 0 aliphatic carbocycles. The number of aliphatic hydroxyl groups excluding tert-OH is 1. The Balaban J connectivity index is 2.27. The third kappa shape index (κ3) is 5.16. The molecule has 0 aromatic heterocycles. The zero-order valence-electron chi connectivity index (χ0n) is 10.6. The second kappa shape index (κ2) is 7.68. The number of carbonyl (C=O) groups is 1. The van der Waals surface area contributed by atoms with E-state index in [1.54, 1.807) is 0 Å². The van der Waals surface area contributed by atoms with Crippen molar-refractivity contribution in [2.24, 2.45) is 0 Å². The number of nitrogens with one attached hydrogen (secondary N) is 1. The molecule has 0 aliphatic heterocycles. The normalized spacial score (nSPS) is 12.1. The summed E-state index contributed by atoms with van der Waals surface area (Å²) in [5, 5.41) is 12.0. The lowest BCUT2D eigenvalue weighted by atomic mass is 10.1. The number of nitrogen functional groups attached to an aromatic ring is 1. The van der Waals surface area contributed by atoms with Crippen LogP contribution in [0.3, 0.4) is 0 Å². The number of para-hydroxylation sites is 1. The van der Waals surface area contributed by atoms with Crippen LogP contribution in [0.5, 0.6) is 0 Å². The van der Waals surface area contributed by atoms with Crippen molar-refractivity contribution in [2.45, 2.75) is 18.9 Å². The van der Waals surface area contributed by atoms with Crippen molar-refractivity contribution < 1.29 is 14.6 Å². The van der Waals surface area contributed by atoms with Crippen molar-refractivity contribution in [1.29, 1.82) is 0 Å². The molecule has 0 spiro atoms. The largest absolute Gasteiger partial charge is 0.399 e. The van der Waals surface area contributed by atoms with Crippen molar-refractivity contribution in [3.8, 4) is 0 Å². The van der Waals surface area contributed by atoms with Gasteiger partial charge in [0.25, 0.3) is 0 Å². The Kier molecular flexibility index (Phi) is 6.18. The number of methoxy groups -OCH3 is 1. The topological polar surface area (TPSA) is 84.6 Å². The zero-order chi connectivity index (χ0) is 13.4. The first-order valence-corrected chi connectivity index (χ1v) is 5.90. The van der Waals surface area contributed by atoms with Crippen LogP contribution >= 0.6 is 0 Å². The lowest BCUT2D eigenvalue weighted by Gasteiger charge is -2.11. The van der Waals surface area contributed by atoms with Gasteiger partial charge in [0.1, 0.15) is 0 Å². The average Bonchev–Trinajstić information content (AvgIpc) is 2.36. The minimum Gasteiger partial charge on any atom is -0.399 e. The molecule has 4 N–H and O–H groups in total. The van der Waals surface area contributed by atoms with Crippen LogP contribution < -0.4 is 11.1 Å². The maximum atomic E-state index is 11.5. The van der Waals surface area contributed by atoms with Gasteiger partial charge in [0.2, 0.25) is 5.91 Å². The molecular formula is C13H20N2O3. The van der Waals surface area contributed by atoms with Crippen molar-refractivity contribution in [2.75, 3.05) is 26.0 Å². The molecule has 0 bridgehead atoms. The lowest BCUT2D eigenvalue weighted by Crippen LogP contribution is -2.34. The first-order chi connectivity index (χ1) is 8.63. The Bertz CT molecular complexity index is 382. The summed E-state index contributed by atoms with van der Waals surface area (Å²) in [4.78, 5) is 11.5. The van der Waals surface area contributed by atoms with E-state index in [1.807, 2.05) is 24.3 Å². The summed E-state index contributed by atoms with van der Waals surface area (Å²) in [6.45, 7) is 0.420. The minimum absolute atomic E-state index is 0.103. The van der Waals surface area contributed by atoms with Crippen LogP contribution in [0, 0.1) is 0 Å². The number of amides is 1. The molecule has 100 valence electrons. The molecule has 1 aromatic rings. The Morgan fingerprint density at radius 2 is 2.22 bits per heavy atom. The molecule has 1 atom stereocenters. The smallest absolute Gasteiger partial charge is 0.220 e. The van der Waals surface area contributed by atoms with E-state index in [0.29, 0.717) is 18.5 Å². The molecule has 0 fully saturated rings. The van der Waals surface area contributed by atoms with E-state index in [1.165, 1.54) is 7.11 Å². The summed E-state index contributed by atoms with van der Waals surface area (Å²) < 4.78 is 4.76. The van der Waals surface area contributed by atoms with E-state index in [0.717, 1.165) is 5.56 Å². The molecular weight excluding hydrogens is 232 g/mol. The summed E-state index contributed by atoms with van der Waals surface area (Å²) in [6.07, 6.45) is 0.285. The highest BCUT2D eigenvalue weighted by molar-refractivity contribution is 5.76. The molecule has 0 saturated carbocycles. The van der Waals surface area contributed by atoms with Crippen LogP contribution in [0.4, 0.5) is 5.69 Å². The Labute approximate surface area is 107 Å². The van der Waals surface area contributed by atoms with Gasteiger partial charge in [-0.05, 0) is 18.1 Å². The first kappa shape index (κ1) is 14.5. The molecule has 0 aliphatic rings. The average molecular weight is 252 g/mol. The fourth-order valence-corrected chi connectivity index (χ4v) is 1.58. The van der Waals surface area contributed by atoms with Gasteiger partial charge in [-0.3, -0.25) is 4.79 Å². The summed E-state index contributed by atoms with van der Waals surface area (Å²) in [7, 11) is 1.50. The Morgan fingerprint density at radius 3 is 2.89 bits per heavy atom. The molecule has 0 radical (unpaired) electrons. The summed E-state index contributed by atoms with van der Waals surface area (Å²) in [5.41, 5.74) is 7.44.